The lowest BCUT2D eigenvalue weighted by Crippen LogP contribution is -2.16. The van der Waals surface area contributed by atoms with Gasteiger partial charge in [0.2, 0.25) is 0 Å². The van der Waals surface area contributed by atoms with Crippen LogP contribution in [0.15, 0.2) is 24.3 Å². The molecule has 0 amide bonds. The molecule has 0 saturated carbocycles. The van der Waals surface area contributed by atoms with E-state index in [0.717, 1.165) is 0 Å². The van der Waals surface area contributed by atoms with E-state index in [-0.39, 0.29) is 17.9 Å². The van der Waals surface area contributed by atoms with Gasteiger partial charge in [-0.3, -0.25) is 0 Å². The van der Waals surface area contributed by atoms with Gasteiger partial charge in [-0.25, -0.2) is 4.68 Å². The van der Waals surface area contributed by atoms with Crippen molar-refractivity contribution < 1.29 is 13.2 Å². The molecule has 0 saturated heterocycles. The van der Waals surface area contributed by atoms with Crippen molar-refractivity contribution in [3.8, 4) is 5.69 Å². The Balaban J connectivity index is 2.62. The molecule has 0 aliphatic heterocycles. The molecule has 2 N–H and O–H groups in total. The van der Waals surface area contributed by atoms with E-state index in [1.807, 2.05) is 0 Å². The number of hydrogen-bond donors (Lipinski definition) is 1. The van der Waals surface area contributed by atoms with Gasteiger partial charge >= 0.3 is 6.18 Å². The fourth-order valence-electron chi connectivity index (χ4n) is 1.52. The van der Waals surface area contributed by atoms with Crippen LogP contribution in [0, 0.1) is 0 Å². The summed E-state index contributed by atoms with van der Waals surface area (Å²) in [6.07, 6.45) is -4.58. The van der Waals surface area contributed by atoms with E-state index in [9.17, 15) is 13.2 Å². The number of nitrogens with two attached hydrogens (primary N) is 1. The largest absolute Gasteiger partial charge is 0.435 e. The van der Waals surface area contributed by atoms with Gasteiger partial charge in [-0.15, -0.1) is 5.10 Å². The molecule has 2 rings (SSSR count). The Hall–Kier alpha value is -1.60. The minimum Gasteiger partial charge on any atom is -0.325 e. The van der Waals surface area contributed by atoms with Gasteiger partial charge < -0.3 is 5.73 Å². The first-order valence-electron chi connectivity index (χ1n) is 4.91. The lowest BCUT2D eigenvalue weighted by Gasteiger charge is -2.10. The van der Waals surface area contributed by atoms with Gasteiger partial charge in [-0.2, -0.15) is 13.2 Å². The molecule has 18 heavy (non-hydrogen) atoms. The second kappa shape index (κ2) is 4.58. The third kappa shape index (κ3) is 2.32. The van der Waals surface area contributed by atoms with Crippen LogP contribution in [-0.4, -0.2) is 15.0 Å². The number of hydrogen-bond acceptors (Lipinski definition) is 3. The van der Waals surface area contributed by atoms with Gasteiger partial charge in [0, 0.05) is 11.6 Å². The van der Waals surface area contributed by atoms with Gasteiger partial charge in [0.25, 0.3) is 0 Å². The van der Waals surface area contributed by atoms with E-state index in [4.69, 9.17) is 17.3 Å². The Bertz CT molecular complexity index is 564. The molecule has 1 aromatic heterocycles. The molecule has 1 aromatic carbocycles. The normalized spacial score (nSPS) is 11.8. The van der Waals surface area contributed by atoms with Crippen LogP contribution < -0.4 is 5.73 Å². The van der Waals surface area contributed by atoms with Crippen molar-refractivity contribution in [1.82, 2.24) is 15.0 Å². The highest BCUT2D eigenvalue weighted by Gasteiger charge is 2.39. The fraction of sp³-hybridized carbons (Fsp3) is 0.200. The SMILES string of the molecule is NCc1nnn(-c2cccc(Cl)c2)c1C(F)(F)F. The monoisotopic (exact) mass is 276 g/mol. The van der Waals surface area contributed by atoms with Crippen LogP contribution in [0.3, 0.4) is 0 Å². The van der Waals surface area contributed by atoms with Gasteiger partial charge in [-0.1, -0.05) is 22.9 Å². The molecule has 0 atom stereocenters. The van der Waals surface area contributed by atoms with Crippen molar-refractivity contribution in [3.63, 3.8) is 0 Å². The van der Waals surface area contributed by atoms with E-state index in [2.05, 4.69) is 10.3 Å². The Morgan fingerprint density at radius 1 is 1.33 bits per heavy atom. The molecule has 8 heteroatoms. The maximum atomic E-state index is 12.9. The number of nitrogens with zero attached hydrogens (tertiary/aromatic N) is 3. The molecule has 0 fully saturated rings. The van der Waals surface area contributed by atoms with Crippen molar-refractivity contribution in [2.45, 2.75) is 12.7 Å². The second-order valence-electron chi connectivity index (χ2n) is 3.48. The molecule has 0 unspecified atom stereocenters. The Kier molecular flexibility index (Phi) is 3.27. The molecule has 4 nitrogen and oxygen atoms in total. The number of benzene rings is 1. The number of alkyl halides is 3. The summed E-state index contributed by atoms with van der Waals surface area (Å²) in [6.45, 7) is -0.338. The minimum absolute atomic E-state index is 0.182. The van der Waals surface area contributed by atoms with E-state index in [1.165, 1.54) is 18.2 Å². The Labute approximate surface area is 105 Å². The first kappa shape index (κ1) is 12.8. The van der Waals surface area contributed by atoms with Gasteiger partial charge in [0.15, 0.2) is 5.69 Å². The summed E-state index contributed by atoms with van der Waals surface area (Å²) in [5.41, 5.74) is 4.13. The van der Waals surface area contributed by atoms with Gasteiger partial charge in [-0.05, 0) is 18.2 Å². The first-order chi connectivity index (χ1) is 8.43. The summed E-state index contributed by atoms with van der Waals surface area (Å²) in [6, 6.07) is 5.91. The highest BCUT2D eigenvalue weighted by molar-refractivity contribution is 6.30. The summed E-state index contributed by atoms with van der Waals surface area (Å²) >= 11 is 5.73. The summed E-state index contributed by atoms with van der Waals surface area (Å²) < 4.78 is 39.5. The minimum atomic E-state index is -4.58. The average Bonchev–Trinajstić information content (AvgIpc) is 2.72. The molecule has 0 aliphatic rings. The van der Waals surface area contributed by atoms with Crippen molar-refractivity contribution >= 4 is 11.6 Å². The highest BCUT2D eigenvalue weighted by Crippen LogP contribution is 2.32. The maximum absolute atomic E-state index is 12.9. The zero-order chi connectivity index (χ0) is 13.3. The number of rotatable bonds is 2. The third-order valence-corrected chi connectivity index (χ3v) is 2.49. The zero-order valence-electron chi connectivity index (χ0n) is 8.95. The fourth-order valence-corrected chi connectivity index (χ4v) is 1.71. The van der Waals surface area contributed by atoms with Crippen LogP contribution in [0.5, 0.6) is 0 Å². The maximum Gasteiger partial charge on any atom is 0.435 e. The van der Waals surface area contributed by atoms with Gasteiger partial charge in [0.1, 0.15) is 5.69 Å². The van der Waals surface area contributed by atoms with E-state index in [1.54, 1.807) is 6.07 Å². The lowest BCUT2D eigenvalue weighted by atomic mass is 10.2. The van der Waals surface area contributed by atoms with Crippen LogP contribution in [0.1, 0.15) is 11.4 Å². The molecule has 0 bridgehead atoms. The van der Waals surface area contributed by atoms with E-state index in [0.29, 0.717) is 9.70 Å². The Morgan fingerprint density at radius 3 is 2.61 bits per heavy atom. The summed E-state index contributed by atoms with van der Waals surface area (Å²) in [4.78, 5) is 0. The molecule has 0 spiro atoms. The van der Waals surface area contributed by atoms with E-state index >= 15 is 0 Å². The third-order valence-electron chi connectivity index (χ3n) is 2.25. The molecular formula is C10H8ClF3N4. The summed E-state index contributed by atoms with van der Waals surface area (Å²) in [7, 11) is 0. The molecule has 96 valence electrons. The topological polar surface area (TPSA) is 56.7 Å². The number of aromatic nitrogens is 3. The van der Waals surface area contributed by atoms with Crippen molar-refractivity contribution in [2.24, 2.45) is 5.73 Å². The van der Waals surface area contributed by atoms with E-state index < -0.39 is 11.9 Å². The molecule has 0 radical (unpaired) electrons. The number of halogens is 4. The zero-order valence-corrected chi connectivity index (χ0v) is 9.70. The second-order valence-corrected chi connectivity index (χ2v) is 3.91. The Morgan fingerprint density at radius 2 is 2.06 bits per heavy atom. The highest BCUT2D eigenvalue weighted by atomic mass is 35.5. The van der Waals surface area contributed by atoms with Gasteiger partial charge in [0.05, 0.1) is 5.69 Å². The molecule has 0 aliphatic carbocycles. The molecule has 1 heterocycles. The van der Waals surface area contributed by atoms with Crippen LogP contribution in [0.2, 0.25) is 5.02 Å². The first-order valence-corrected chi connectivity index (χ1v) is 5.29. The average molecular weight is 277 g/mol. The lowest BCUT2D eigenvalue weighted by molar-refractivity contribution is -0.143. The van der Waals surface area contributed by atoms with Crippen LogP contribution in [0.25, 0.3) is 5.69 Å². The van der Waals surface area contributed by atoms with Crippen LogP contribution in [-0.2, 0) is 12.7 Å². The predicted octanol–water partition coefficient (Wildman–Crippen LogP) is 2.40. The molecule has 2 aromatic rings. The van der Waals surface area contributed by atoms with Crippen LogP contribution >= 0.6 is 11.6 Å². The summed E-state index contributed by atoms with van der Waals surface area (Å²) in [5.74, 6) is 0. The van der Waals surface area contributed by atoms with Crippen molar-refractivity contribution in [3.05, 3.63) is 40.7 Å². The summed E-state index contributed by atoms with van der Waals surface area (Å²) in [5, 5.41) is 7.22. The van der Waals surface area contributed by atoms with Crippen LogP contribution in [0.4, 0.5) is 13.2 Å². The quantitative estimate of drug-likeness (QED) is 0.916. The predicted molar refractivity (Wildman–Crippen MR) is 59.3 cm³/mol. The standard InChI is InChI=1S/C10H8ClF3N4/c11-6-2-1-3-7(4-6)18-9(10(12,13)14)8(5-15)16-17-18/h1-4H,5,15H2. The van der Waals surface area contributed by atoms with Crippen molar-refractivity contribution in [1.29, 1.82) is 0 Å². The van der Waals surface area contributed by atoms with Crippen molar-refractivity contribution in [2.75, 3.05) is 0 Å². The molecular weight excluding hydrogens is 269 g/mol. The smallest absolute Gasteiger partial charge is 0.325 e.